The van der Waals surface area contributed by atoms with Crippen molar-refractivity contribution in [2.24, 2.45) is 0 Å². The normalized spacial score (nSPS) is 10.6. The van der Waals surface area contributed by atoms with Gasteiger partial charge in [-0.1, -0.05) is 60.7 Å². The zero-order chi connectivity index (χ0) is 13.1. The van der Waals surface area contributed by atoms with Crippen LogP contribution in [-0.2, 0) is 6.54 Å². The van der Waals surface area contributed by atoms with Gasteiger partial charge < -0.3 is 0 Å². The standard InChI is InChI=1S/C17H15NO/c19-18(16-10-2-1-3-11-16)13-15-9-6-8-14-7-4-5-12-17(14)15/h1-12,19H,13H2. The Bertz CT molecular complexity index is 674. The SMILES string of the molecule is ON(Cc1cccc2ccccc12)c1ccccc1. The van der Waals surface area contributed by atoms with Crippen LogP contribution in [0.1, 0.15) is 5.56 Å². The fourth-order valence-corrected chi connectivity index (χ4v) is 2.28. The molecule has 0 aromatic heterocycles. The smallest absolute Gasteiger partial charge is 0.0709 e. The summed E-state index contributed by atoms with van der Waals surface area (Å²) < 4.78 is 0. The van der Waals surface area contributed by atoms with Gasteiger partial charge in [-0.3, -0.25) is 10.3 Å². The fourth-order valence-electron chi connectivity index (χ4n) is 2.28. The lowest BCUT2D eigenvalue weighted by Crippen LogP contribution is -2.17. The van der Waals surface area contributed by atoms with Crippen LogP contribution in [0.5, 0.6) is 0 Å². The molecule has 0 radical (unpaired) electrons. The molecule has 0 fully saturated rings. The number of hydrogen-bond acceptors (Lipinski definition) is 2. The third-order valence-corrected chi connectivity index (χ3v) is 3.25. The van der Waals surface area contributed by atoms with Crippen molar-refractivity contribution in [3.8, 4) is 0 Å². The number of fused-ring (bicyclic) bond motifs is 1. The molecule has 0 unspecified atom stereocenters. The van der Waals surface area contributed by atoms with E-state index in [2.05, 4.69) is 24.3 Å². The summed E-state index contributed by atoms with van der Waals surface area (Å²) in [7, 11) is 0. The van der Waals surface area contributed by atoms with Gasteiger partial charge in [-0.05, 0) is 28.5 Å². The summed E-state index contributed by atoms with van der Waals surface area (Å²) in [6, 6.07) is 23.9. The third-order valence-electron chi connectivity index (χ3n) is 3.25. The van der Waals surface area contributed by atoms with E-state index in [1.807, 2.05) is 48.5 Å². The first-order chi connectivity index (χ1) is 9.34. The summed E-state index contributed by atoms with van der Waals surface area (Å²) in [5, 5.41) is 13.8. The second-order valence-electron chi connectivity index (χ2n) is 4.53. The number of hydroxylamine groups is 1. The first kappa shape index (κ1) is 11.8. The highest BCUT2D eigenvalue weighted by molar-refractivity contribution is 5.85. The lowest BCUT2D eigenvalue weighted by Gasteiger charge is -2.18. The van der Waals surface area contributed by atoms with Crippen LogP contribution in [0.2, 0.25) is 0 Å². The summed E-state index contributed by atoms with van der Waals surface area (Å²) in [6.07, 6.45) is 0. The van der Waals surface area contributed by atoms with E-state index in [0.717, 1.165) is 11.3 Å². The van der Waals surface area contributed by atoms with E-state index >= 15 is 0 Å². The van der Waals surface area contributed by atoms with Gasteiger partial charge in [-0.2, -0.15) is 0 Å². The van der Waals surface area contributed by atoms with Crippen LogP contribution in [0, 0.1) is 0 Å². The maximum atomic E-state index is 10.2. The zero-order valence-corrected chi connectivity index (χ0v) is 10.5. The Hall–Kier alpha value is -2.32. The molecule has 19 heavy (non-hydrogen) atoms. The van der Waals surface area contributed by atoms with Crippen LogP contribution < -0.4 is 5.06 Å². The first-order valence-electron chi connectivity index (χ1n) is 6.33. The average molecular weight is 249 g/mol. The maximum absolute atomic E-state index is 10.2. The van der Waals surface area contributed by atoms with Crippen LogP contribution in [0.25, 0.3) is 10.8 Å². The van der Waals surface area contributed by atoms with Crippen LogP contribution >= 0.6 is 0 Å². The summed E-state index contributed by atoms with van der Waals surface area (Å²) in [5.74, 6) is 0. The van der Waals surface area contributed by atoms with E-state index < -0.39 is 0 Å². The molecule has 0 heterocycles. The van der Waals surface area contributed by atoms with Gasteiger partial charge >= 0.3 is 0 Å². The van der Waals surface area contributed by atoms with Gasteiger partial charge in [-0.25, -0.2) is 0 Å². The van der Waals surface area contributed by atoms with Crippen molar-refractivity contribution in [1.29, 1.82) is 0 Å². The van der Waals surface area contributed by atoms with Gasteiger partial charge in [0.25, 0.3) is 0 Å². The first-order valence-corrected chi connectivity index (χ1v) is 6.33. The summed E-state index contributed by atoms with van der Waals surface area (Å²) >= 11 is 0. The largest absolute Gasteiger partial charge is 0.288 e. The van der Waals surface area contributed by atoms with Crippen molar-refractivity contribution in [3.05, 3.63) is 78.4 Å². The molecule has 3 aromatic rings. The Labute approximate surface area is 112 Å². The summed E-state index contributed by atoms with van der Waals surface area (Å²) in [5.41, 5.74) is 1.92. The van der Waals surface area contributed by atoms with E-state index in [4.69, 9.17) is 0 Å². The highest BCUT2D eigenvalue weighted by Gasteiger charge is 2.06. The van der Waals surface area contributed by atoms with Crippen molar-refractivity contribution in [2.75, 3.05) is 5.06 Å². The molecule has 3 aromatic carbocycles. The predicted octanol–water partition coefficient (Wildman–Crippen LogP) is 4.24. The topological polar surface area (TPSA) is 23.5 Å². The Balaban J connectivity index is 1.94. The minimum Gasteiger partial charge on any atom is -0.288 e. The van der Waals surface area contributed by atoms with Crippen LogP contribution in [0.3, 0.4) is 0 Å². The molecule has 0 atom stereocenters. The van der Waals surface area contributed by atoms with Gasteiger partial charge in [0.1, 0.15) is 0 Å². The molecule has 0 spiro atoms. The van der Waals surface area contributed by atoms with Crippen molar-refractivity contribution in [1.82, 2.24) is 0 Å². The number of benzene rings is 3. The molecule has 0 aliphatic carbocycles. The second kappa shape index (κ2) is 5.12. The number of anilines is 1. The van der Waals surface area contributed by atoms with E-state index in [9.17, 15) is 5.21 Å². The third kappa shape index (κ3) is 2.44. The molecule has 0 aliphatic heterocycles. The molecule has 2 heteroatoms. The van der Waals surface area contributed by atoms with Gasteiger partial charge in [0.2, 0.25) is 0 Å². The molecule has 0 aliphatic rings. The van der Waals surface area contributed by atoms with Crippen LogP contribution in [-0.4, -0.2) is 5.21 Å². The average Bonchev–Trinajstić information content (AvgIpc) is 2.48. The molecule has 0 saturated heterocycles. The van der Waals surface area contributed by atoms with Crippen molar-refractivity contribution >= 4 is 16.5 Å². The highest BCUT2D eigenvalue weighted by atomic mass is 16.5. The predicted molar refractivity (Wildman–Crippen MR) is 78.4 cm³/mol. The number of nitrogens with zero attached hydrogens (tertiary/aromatic N) is 1. The molecule has 0 bridgehead atoms. The summed E-state index contributed by atoms with van der Waals surface area (Å²) in [4.78, 5) is 0. The molecule has 0 amide bonds. The zero-order valence-electron chi connectivity index (χ0n) is 10.5. The molecule has 2 nitrogen and oxygen atoms in total. The van der Waals surface area contributed by atoms with E-state index in [0.29, 0.717) is 6.54 Å². The Morgan fingerprint density at radius 2 is 1.42 bits per heavy atom. The molecular formula is C17H15NO. The van der Waals surface area contributed by atoms with E-state index in [-0.39, 0.29) is 0 Å². The van der Waals surface area contributed by atoms with Crippen LogP contribution in [0.15, 0.2) is 72.8 Å². The summed E-state index contributed by atoms with van der Waals surface area (Å²) in [6.45, 7) is 0.478. The molecule has 1 N–H and O–H groups in total. The molecule has 0 saturated carbocycles. The van der Waals surface area contributed by atoms with Gasteiger partial charge in [0.05, 0.1) is 12.2 Å². The molecule has 3 rings (SSSR count). The van der Waals surface area contributed by atoms with Gasteiger partial charge in [-0.15, -0.1) is 0 Å². The Morgan fingerprint density at radius 1 is 0.737 bits per heavy atom. The minimum absolute atomic E-state index is 0.478. The minimum atomic E-state index is 0.478. The maximum Gasteiger partial charge on any atom is 0.0709 e. The van der Waals surface area contributed by atoms with Crippen molar-refractivity contribution in [2.45, 2.75) is 6.54 Å². The van der Waals surface area contributed by atoms with E-state index in [1.165, 1.54) is 15.8 Å². The number of hydrogen-bond donors (Lipinski definition) is 1. The molecule has 94 valence electrons. The monoisotopic (exact) mass is 249 g/mol. The lowest BCUT2D eigenvalue weighted by atomic mass is 10.0. The van der Waals surface area contributed by atoms with Crippen molar-refractivity contribution in [3.63, 3.8) is 0 Å². The molecular weight excluding hydrogens is 234 g/mol. The van der Waals surface area contributed by atoms with Crippen LogP contribution in [0.4, 0.5) is 5.69 Å². The lowest BCUT2D eigenvalue weighted by molar-refractivity contribution is 0.250. The van der Waals surface area contributed by atoms with Gasteiger partial charge in [0, 0.05) is 0 Å². The number of para-hydroxylation sites is 1. The van der Waals surface area contributed by atoms with Crippen molar-refractivity contribution < 1.29 is 5.21 Å². The second-order valence-corrected chi connectivity index (χ2v) is 4.53. The highest BCUT2D eigenvalue weighted by Crippen LogP contribution is 2.21. The van der Waals surface area contributed by atoms with Gasteiger partial charge in [0.15, 0.2) is 0 Å². The Kier molecular flexibility index (Phi) is 3.17. The quantitative estimate of drug-likeness (QED) is 0.702. The van der Waals surface area contributed by atoms with E-state index in [1.54, 1.807) is 0 Å². The Morgan fingerprint density at radius 3 is 2.26 bits per heavy atom. The fraction of sp³-hybridized carbons (Fsp3) is 0.0588. The number of rotatable bonds is 3.